The Bertz CT molecular complexity index is 475. The number of phenolic OH excluding ortho intramolecular Hbond substituents is 1. The molecule has 0 spiro atoms. The Kier molecular flexibility index (Phi) is 5.05. The van der Waals surface area contributed by atoms with Crippen LogP contribution in [-0.2, 0) is 6.18 Å². The second kappa shape index (κ2) is 6.14. The molecule has 19 heavy (non-hydrogen) atoms. The van der Waals surface area contributed by atoms with Crippen LogP contribution in [0.1, 0.15) is 18.9 Å². The predicted molar refractivity (Wildman–Crippen MR) is 69.2 cm³/mol. The van der Waals surface area contributed by atoms with Gasteiger partial charge >= 0.3 is 6.18 Å². The standard InChI is InChI=1S/C12H14ClF3N2O/c1-3-4-18(2)7-17-10-5-8(12(14,15)16)11(19)6-9(10)13/h5-7,19H,3-4H2,1-2H3. The fourth-order valence-corrected chi connectivity index (χ4v) is 1.66. The van der Waals surface area contributed by atoms with Crippen molar-refractivity contribution in [3.63, 3.8) is 0 Å². The van der Waals surface area contributed by atoms with Crippen molar-refractivity contribution in [3.8, 4) is 5.75 Å². The third kappa shape index (κ3) is 4.31. The quantitative estimate of drug-likeness (QED) is 0.671. The van der Waals surface area contributed by atoms with E-state index in [9.17, 15) is 18.3 Å². The summed E-state index contributed by atoms with van der Waals surface area (Å²) >= 11 is 5.75. The number of nitrogens with zero attached hydrogens (tertiary/aromatic N) is 2. The molecule has 1 aromatic rings. The van der Waals surface area contributed by atoms with Crippen molar-refractivity contribution in [3.05, 3.63) is 22.7 Å². The van der Waals surface area contributed by atoms with Crippen LogP contribution >= 0.6 is 11.6 Å². The van der Waals surface area contributed by atoms with Gasteiger partial charge in [-0.3, -0.25) is 0 Å². The third-order valence-electron chi connectivity index (χ3n) is 2.34. The van der Waals surface area contributed by atoms with Crippen LogP contribution in [0.5, 0.6) is 5.75 Å². The lowest BCUT2D eigenvalue weighted by Crippen LogP contribution is -2.16. The average molecular weight is 295 g/mol. The summed E-state index contributed by atoms with van der Waals surface area (Å²) in [5, 5.41) is 9.21. The fraction of sp³-hybridized carbons (Fsp3) is 0.417. The van der Waals surface area contributed by atoms with Gasteiger partial charge < -0.3 is 10.0 Å². The first-order chi connectivity index (χ1) is 8.75. The van der Waals surface area contributed by atoms with Crippen LogP contribution in [0, 0.1) is 0 Å². The zero-order valence-electron chi connectivity index (χ0n) is 10.5. The lowest BCUT2D eigenvalue weighted by atomic mass is 10.1. The molecule has 0 radical (unpaired) electrons. The first-order valence-electron chi connectivity index (χ1n) is 5.59. The van der Waals surface area contributed by atoms with Crippen molar-refractivity contribution >= 4 is 23.6 Å². The number of halogens is 4. The fourth-order valence-electron chi connectivity index (χ4n) is 1.45. The number of benzene rings is 1. The molecule has 1 N–H and O–H groups in total. The Balaban J connectivity index is 3.08. The number of hydrogen-bond donors (Lipinski definition) is 1. The molecule has 0 aliphatic heterocycles. The number of phenols is 1. The van der Waals surface area contributed by atoms with Crippen LogP contribution in [0.15, 0.2) is 17.1 Å². The first-order valence-corrected chi connectivity index (χ1v) is 5.97. The maximum Gasteiger partial charge on any atom is 0.420 e. The monoisotopic (exact) mass is 294 g/mol. The summed E-state index contributed by atoms with van der Waals surface area (Å²) in [5.41, 5.74) is -1.18. The maximum atomic E-state index is 12.6. The molecule has 3 nitrogen and oxygen atoms in total. The number of rotatable bonds is 4. The molecule has 0 fully saturated rings. The van der Waals surface area contributed by atoms with E-state index < -0.39 is 17.5 Å². The summed E-state index contributed by atoms with van der Waals surface area (Å²) in [6.45, 7) is 2.70. The predicted octanol–water partition coefficient (Wildman–Crippen LogP) is 4.07. The summed E-state index contributed by atoms with van der Waals surface area (Å²) in [5.74, 6) is -0.904. The maximum absolute atomic E-state index is 12.6. The van der Waals surface area contributed by atoms with E-state index in [1.165, 1.54) is 6.34 Å². The Labute approximate surface area is 114 Å². The van der Waals surface area contributed by atoms with Crippen molar-refractivity contribution in [2.45, 2.75) is 19.5 Å². The molecular weight excluding hydrogens is 281 g/mol. The molecule has 0 aromatic heterocycles. The van der Waals surface area contributed by atoms with E-state index in [1.54, 1.807) is 11.9 Å². The molecule has 0 aliphatic rings. The highest BCUT2D eigenvalue weighted by atomic mass is 35.5. The molecule has 7 heteroatoms. The Morgan fingerprint density at radius 1 is 1.42 bits per heavy atom. The zero-order chi connectivity index (χ0) is 14.6. The molecule has 1 rings (SSSR count). The highest BCUT2D eigenvalue weighted by Crippen LogP contribution is 2.41. The van der Waals surface area contributed by atoms with E-state index in [-0.39, 0.29) is 10.7 Å². The van der Waals surface area contributed by atoms with Gasteiger partial charge in [-0.2, -0.15) is 13.2 Å². The van der Waals surface area contributed by atoms with Crippen molar-refractivity contribution in [2.24, 2.45) is 4.99 Å². The van der Waals surface area contributed by atoms with E-state index >= 15 is 0 Å². The molecule has 0 saturated carbocycles. The lowest BCUT2D eigenvalue weighted by Gasteiger charge is -2.12. The minimum absolute atomic E-state index is 0.0326. The van der Waals surface area contributed by atoms with Gasteiger partial charge in [0.05, 0.1) is 22.6 Å². The van der Waals surface area contributed by atoms with E-state index in [0.717, 1.165) is 25.1 Å². The second-order valence-electron chi connectivity index (χ2n) is 4.04. The minimum Gasteiger partial charge on any atom is -0.507 e. The number of alkyl halides is 3. The van der Waals surface area contributed by atoms with Gasteiger partial charge in [-0.05, 0) is 12.5 Å². The van der Waals surface area contributed by atoms with Gasteiger partial charge in [0.2, 0.25) is 0 Å². The summed E-state index contributed by atoms with van der Waals surface area (Å²) in [6, 6.07) is 1.57. The van der Waals surface area contributed by atoms with Gasteiger partial charge in [-0.15, -0.1) is 0 Å². The van der Waals surface area contributed by atoms with Gasteiger partial charge in [-0.25, -0.2) is 4.99 Å². The Morgan fingerprint density at radius 3 is 2.58 bits per heavy atom. The molecule has 0 saturated heterocycles. The SMILES string of the molecule is CCCN(C)C=Nc1cc(C(F)(F)F)c(O)cc1Cl. The minimum atomic E-state index is -4.64. The van der Waals surface area contributed by atoms with Gasteiger partial charge in [0.15, 0.2) is 0 Å². The first kappa shape index (κ1) is 15.6. The molecule has 106 valence electrons. The summed E-state index contributed by atoms with van der Waals surface area (Å²) < 4.78 is 37.8. The Hall–Kier alpha value is -1.43. The van der Waals surface area contributed by atoms with Crippen LogP contribution < -0.4 is 0 Å². The van der Waals surface area contributed by atoms with E-state index in [0.29, 0.717) is 0 Å². The van der Waals surface area contributed by atoms with Gasteiger partial charge in [0.25, 0.3) is 0 Å². The topological polar surface area (TPSA) is 35.8 Å². The number of aliphatic imine (C=N–C) groups is 1. The van der Waals surface area contributed by atoms with Crippen molar-refractivity contribution < 1.29 is 18.3 Å². The smallest absolute Gasteiger partial charge is 0.420 e. The van der Waals surface area contributed by atoms with Crippen LogP contribution in [0.2, 0.25) is 5.02 Å². The van der Waals surface area contributed by atoms with Gasteiger partial charge in [0.1, 0.15) is 5.75 Å². The van der Waals surface area contributed by atoms with Crippen molar-refractivity contribution in [1.29, 1.82) is 0 Å². The molecular formula is C12H14ClF3N2O. The third-order valence-corrected chi connectivity index (χ3v) is 2.64. The van der Waals surface area contributed by atoms with Crippen LogP contribution in [-0.4, -0.2) is 29.9 Å². The molecule has 0 unspecified atom stereocenters. The molecule has 0 bridgehead atoms. The van der Waals surface area contributed by atoms with E-state index in [2.05, 4.69) is 4.99 Å². The highest BCUT2D eigenvalue weighted by Gasteiger charge is 2.34. The molecule has 0 aliphatic carbocycles. The summed E-state index contributed by atoms with van der Waals surface area (Å²) in [4.78, 5) is 5.63. The molecule has 1 aromatic carbocycles. The lowest BCUT2D eigenvalue weighted by molar-refractivity contribution is -0.138. The van der Waals surface area contributed by atoms with Crippen LogP contribution in [0.4, 0.5) is 18.9 Å². The molecule has 0 atom stereocenters. The zero-order valence-corrected chi connectivity index (χ0v) is 11.3. The number of aromatic hydroxyl groups is 1. The van der Waals surface area contributed by atoms with E-state index in [4.69, 9.17) is 11.6 Å². The average Bonchev–Trinajstić information content (AvgIpc) is 2.26. The largest absolute Gasteiger partial charge is 0.507 e. The second-order valence-corrected chi connectivity index (χ2v) is 4.45. The highest BCUT2D eigenvalue weighted by molar-refractivity contribution is 6.33. The van der Waals surface area contributed by atoms with Crippen molar-refractivity contribution in [2.75, 3.05) is 13.6 Å². The Morgan fingerprint density at radius 2 is 2.05 bits per heavy atom. The summed E-state index contributed by atoms with van der Waals surface area (Å²) in [7, 11) is 1.76. The number of hydrogen-bond acceptors (Lipinski definition) is 2. The van der Waals surface area contributed by atoms with Crippen molar-refractivity contribution in [1.82, 2.24) is 4.90 Å². The van der Waals surface area contributed by atoms with Crippen LogP contribution in [0.25, 0.3) is 0 Å². The molecule has 0 heterocycles. The normalized spacial score (nSPS) is 12.1. The molecule has 0 amide bonds. The van der Waals surface area contributed by atoms with Gasteiger partial charge in [-0.1, -0.05) is 18.5 Å². The van der Waals surface area contributed by atoms with Crippen LogP contribution in [0.3, 0.4) is 0 Å². The van der Waals surface area contributed by atoms with Gasteiger partial charge in [0, 0.05) is 19.7 Å². The van der Waals surface area contributed by atoms with E-state index in [1.807, 2.05) is 6.92 Å². The summed E-state index contributed by atoms with van der Waals surface area (Å²) in [6.07, 6.45) is -2.35.